The topological polar surface area (TPSA) is 77.6 Å². The molecule has 124 valence electrons. The Morgan fingerprint density at radius 3 is 2.79 bits per heavy atom. The fourth-order valence-electron chi connectivity index (χ4n) is 2.37. The van der Waals surface area contributed by atoms with Gasteiger partial charge >= 0.3 is 0 Å². The van der Waals surface area contributed by atoms with Crippen LogP contribution in [0.4, 0.5) is 5.82 Å². The van der Waals surface area contributed by atoms with Gasteiger partial charge in [-0.05, 0) is 18.9 Å². The van der Waals surface area contributed by atoms with Crippen molar-refractivity contribution in [1.29, 1.82) is 0 Å². The SMILES string of the molecule is CCC(C)n1nccc1NC(=O)c1cn(Cc2ccccc2)nn1. The molecule has 24 heavy (non-hydrogen) atoms. The van der Waals surface area contributed by atoms with E-state index in [2.05, 4.69) is 34.6 Å². The van der Waals surface area contributed by atoms with Gasteiger partial charge in [0.05, 0.1) is 25.0 Å². The molecule has 7 heteroatoms. The van der Waals surface area contributed by atoms with E-state index in [0.29, 0.717) is 12.4 Å². The van der Waals surface area contributed by atoms with Crippen LogP contribution in [-0.2, 0) is 6.54 Å². The van der Waals surface area contributed by atoms with E-state index in [4.69, 9.17) is 0 Å². The molecule has 1 aromatic carbocycles. The van der Waals surface area contributed by atoms with Gasteiger partial charge in [0, 0.05) is 6.07 Å². The molecule has 0 spiro atoms. The highest BCUT2D eigenvalue weighted by Crippen LogP contribution is 2.17. The summed E-state index contributed by atoms with van der Waals surface area (Å²) in [6.07, 6.45) is 4.25. The lowest BCUT2D eigenvalue weighted by Gasteiger charge is -2.13. The van der Waals surface area contributed by atoms with Crippen molar-refractivity contribution < 1.29 is 4.79 Å². The van der Waals surface area contributed by atoms with Crippen LogP contribution < -0.4 is 5.32 Å². The first-order chi connectivity index (χ1) is 11.7. The maximum absolute atomic E-state index is 12.4. The van der Waals surface area contributed by atoms with Crippen LogP contribution in [0.1, 0.15) is 42.4 Å². The van der Waals surface area contributed by atoms with Crippen molar-refractivity contribution in [1.82, 2.24) is 24.8 Å². The summed E-state index contributed by atoms with van der Waals surface area (Å²) in [4.78, 5) is 12.4. The summed E-state index contributed by atoms with van der Waals surface area (Å²) in [6, 6.07) is 11.9. The number of benzene rings is 1. The number of carbonyl (C=O) groups is 1. The highest BCUT2D eigenvalue weighted by molar-refractivity contribution is 6.02. The van der Waals surface area contributed by atoms with Gasteiger partial charge < -0.3 is 5.32 Å². The molecule has 0 saturated carbocycles. The molecule has 1 atom stereocenters. The lowest BCUT2D eigenvalue weighted by atomic mass is 10.2. The molecule has 1 amide bonds. The molecule has 0 aliphatic heterocycles. The summed E-state index contributed by atoms with van der Waals surface area (Å²) in [5, 5.41) is 15.1. The molecule has 3 rings (SSSR count). The molecule has 0 radical (unpaired) electrons. The van der Waals surface area contributed by atoms with Crippen molar-refractivity contribution >= 4 is 11.7 Å². The predicted molar refractivity (Wildman–Crippen MR) is 90.7 cm³/mol. The van der Waals surface area contributed by atoms with E-state index < -0.39 is 0 Å². The second-order valence-corrected chi connectivity index (χ2v) is 5.66. The van der Waals surface area contributed by atoms with E-state index >= 15 is 0 Å². The molecule has 0 aliphatic rings. The summed E-state index contributed by atoms with van der Waals surface area (Å²) in [5.41, 5.74) is 1.38. The maximum Gasteiger partial charge on any atom is 0.278 e. The molecular weight excluding hydrogens is 304 g/mol. The number of anilines is 1. The van der Waals surface area contributed by atoms with Gasteiger partial charge in [-0.25, -0.2) is 9.36 Å². The van der Waals surface area contributed by atoms with E-state index in [0.717, 1.165) is 12.0 Å². The Morgan fingerprint density at radius 2 is 2.04 bits per heavy atom. The maximum atomic E-state index is 12.4. The number of hydrogen-bond donors (Lipinski definition) is 1. The summed E-state index contributed by atoms with van der Waals surface area (Å²) in [7, 11) is 0. The van der Waals surface area contributed by atoms with Gasteiger partial charge in [-0.3, -0.25) is 4.79 Å². The smallest absolute Gasteiger partial charge is 0.278 e. The van der Waals surface area contributed by atoms with Crippen LogP contribution in [0.15, 0.2) is 48.8 Å². The molecule has 2 aromatic heterocycles. The van der Waals surface area contributed by atoms with Crippen molar-refractivity contribution in [3.05, 3.63) is 60.0 Å². The van der Waals surface area contributed by atoms with Gasteiger partial charge in [-0.1, -0.05) is 42.5 Å². The normalized spacial score (nSPS) is 12.1. The highest BCUT2D eigenvalue weighted by atomic mass is 16.2. The van der Waals surface area contributed by atoms with Gasteiger partial charge in [0.2, 0.25) is 0 Å². The van der Waals surface area contributed by atoms with Gasteiger partial charge in [-0.15, -0.1) is 5.10 Å². The molecule has 0 saturated heterocycles. The molecule has 1 unspecified atom stereocenters. The number of aromatic nitrogens is 5. The van der Waals surface area contributed by atoms with E-state index in [1.807, 2.05) is 30.3 Å². The lowest BCUT2D eigenvalue weighted by molar-refractivity contribution is 0.102. The van der Waals surface area contributed by atoms with Crippen LogP contribution in [-0.4, -0.2) is 30.7 Å². The van der Waals surface area contributed by atoms with Crippen LogP contribution in [0, 0.1) is 0 Å². The number of amides is 1. The zero-order chi connectivity index (χ0) is 16.9. The molecule has 3 aromatic rings. The van der Waals surface area contributed by atoms with E-state index in [1.165, 1.54) is 0 Å². The number of hydrogen-bond acceptors (Lipinski definition) is 4. The average molecular weight is 324 g/mol. The highest BCUT2D eigenvalue weighted by Gasteiger charge is 2.15. The van der Waals surface area contributed by atoms with E-state index in [-0.39, 0.29) is 17.6 Å². The first-order valence-electron chi connectivity index (χ1n) is 7.96. The number of rotatable bonds is 6. The van der Waals surface area contributed by atoms with Crippen LogP contribution in [0.2, 0.25) is 0 Å². The standard InChI is InChI=1S/C17H20N6O/c1-3-13(2)23-16(9-10-18-23)19-17(24)15-12-22(21-20-15)11-14-7-5-4-6-8-14/h4-10,12-13H,3,11H2,1-2H3,(H,19,24). The second kappa shape index (κ2) is 7.08. The summed E-state index contributed by atoms with van der Waals surface area (Å²) >= 11 is 0. The number of nitrogens with zero attached hydrogens (tertiary/aromatic N) is 5. The Kier molecular flexibility index (Phi) is 4.69. The lowest BCUT2D eigenvalue weighted by Crippen LogP contribution is -2.17. The second-order valence-electron chi connectivity index (χ2n) is 5.66. The molecule has 2 heterocycles. The number of nitrogens with one attached hydrogen (secondary N) is 1. The summed E-state index contributed by atoms with van der Waals surface area (Å²) < 4.78 is 3.45. The van der Waals surface area contributed by atoms with Crippen molar-refractivity contribution in [2.24, 2.45) is 0 Å². The van der Waals surface area contributed by atoms with Crippen LogP contribution in [0.3, 0.4) is 0 Å². The third kappa shape index (κ3) is 3.51. The average Bonchev–Trinajstić information content (AvgIpc) is 3.24. The van der Waals surface area contributed by atoms with Gasteiger partial charge in [0.1, 0.15) is 5.82 Å². The van der Waals surface area contributed by atoms with Crippen molar-refractivity contribution in [3.63, 3.8) is 0 Å². The monoisotopic (exact) mass is 324 g/mol. The Bertz CT molecular complexity index is 807. The Morgan fingerprint density at radius 1 is 1.25 bits per heavy atom. The Labute approximate surface area is 140 Å². The molecule has 7 nitrogen and oxygen atoms in total. The zero-order valence-electron chi connectivity index (χ0n) is 13.8. The van der Waals surface area contributed by atoms with E-state index in [9.17, 15) is 4.79 Å². The van der Waals surface area contributed by atoms with Crippen molar-refractivity contribution in [3.8, 4) is 0 Å². The van der Waals surface area contributed by atoms with Crippen LogP contribution >= 0.6 is 0 Å². The minimum Gasteiger partial charge on any atom is -0.305 e. The minimum atomic E-state index is -0.292. The van der Waals surface area contributed by atoms with Gasteiger partial charge in [0.15, 0.2) is 5.69 Å². The first-order valence-corrected chi connectivity index (χ1v) is 7.96. The first kappa shape index (κ1) is 15.9. The molecule has 0 bridgehead atoms. The molecule has 1 N–H and O–H groups in total. The largest absolute Gasteiger partial charge is 0.305 e. The molecule has 0 aliphatic carbocycles. The van der Waals surface area contributed by atoms with Crippen molar-refractivity contribution in [2.75, 3.05) is 5.32 Å². The third-order valence-corrected chi connectivity index (χ3v) is 3.88. The van der Waals surface area contributed by atoms with Gasteiger partial charge in [-0.2, -0.15) is 5.10 Å². The van der Waals surface area contributed by atoms with Crippen molar-refractivity contribution in [2.45, 2.75) is 32.9 Å². The summed E-state index contributed by atoms with van der Waals surface area (Å²) in [6.45, 7) is 4.71. The van der Waals surface area contributed by atoms with Crippen LogP contribution in [0.25, 0.3) is 0 Å². The fourth-order valence-corrected chi connectivity index (χ4v) is 2.37. The third-order valence-electron chi connectivity index (χ3n) is 3.88. The number of carbonyl (C=O) groups excluding carboxylic acids is 1. The van der Waals surface area contributed by atoms with E-state index in [1.54, 1.807) is 27.8 Å². The molecule has 0 fully saturated rings. The summed E-state index contributed by atoms with van der Waals surface area (Å²) in [5.74, 6) is 0.367. The zero-order valence-corrected chi connectivity index (χ0v) is 13.8. The Balaban J connectivity index is 1.69. The predicted octanol–water partition coefficient (Wildman–Crippen LogP) is 2.75. The van der Waals surface area contributed by atoms with Gasteiger partial charge in [0.25, 0.3) is 5.91 Å². The van der Waals surface area contributed by atoms with Crippen LogP contribution in [0.5, 0.6) is 0 Å². The molecular formula is C17H20N6O. The quantitative estimate of drug-likeness (QED) is 0.756. The minimum absolute atomic E-state index is 0.212. The Hall–Kier alpha value is -2.96. The fraction of sp³-hybridized carbons (Fsp3) is 0.294.